The van der Waals surface area contributed by atoms with E-state index in [1.165, 1.54) is 36.8 Å². The molecule has 4 aliphatic rings. The van der Waals surface area contributed by atoms with E-state index in [2.05, 4.69) is 137 Å². The molecule has 6 rings (SSSR count). The van der Waals surface area contributed by atoms with Crippen molar-refractivity contribution in [2.45, 2.75) is 64.5 Å². The van der Waals surface area contributed by atoms with Gasteiger partial charge in [-0.2, -0.15) is 0 Å². The Kier molecular flexibility index (Phi) is 15.5. The van der Waals surface area contributed by atoms with Gasteiger partial charge in [0.1, 0.15) is 0 Å². The maximum Gasteiger partial charge on any atom is -1.00 e. The molecule has 0 aromatic heterocycles. The summed E-state index contributed by atoms with van der Waals surface area (Å²) >= 11 is 1.74. The normalized spacial score (nSPS) is 27.4. The molecule has 4 aliphatic carbocycles. The fourth-order valence-corrected chi connectivity index (χ4v) is 6.54. The van der Waals surface area contributed by atoms with Crippen LogP contribution in [-0.2, 0) is 23.3 Å². The molecule has 0 spiro atoms. The summed E-state index contributed by atoms with van der Waals surface area (Å²) in [6.07, 6.45) is 23.6. The Morgan fingerprint density at radius 1 is 0.625 bits per heavy atom. The summed E-state index contributed by atoms with van der Waals surface area (Å²) in [5.41, 5.74) is 6.32. The van der Waals surface area contributed by atoms with Crippen LogP contribution < -0.4 is 24.8 Å². The van der Waals surface area contributed by atoms with Crippen molar-refractivity contribution >= 4 is 5.43 Å². The molecule has 0 bridgehead atoms. The fourth-order valence-electron chi connectivity index (χ4n) is 6.54. The maximum absolute atomic E-state index is 2.45. The molecule has 2 aromatic rings. The molecule has 212 valence electrons. The van der Waals surface area contributed by atoms with E-state index in [1.54, 1.807) is 34.5 Å². The SMILES string of the molecule is CC1[CH-]C2=CC=CCC(c3ccccc3)C2C1.CC1[CH-]C2=CC=CCC(c3ccccc3)C2C1.C[Si](C)=[Zr+2].[Cl-].[Cl-]. The van der Waals surface area contributed by atoms with Gasteiger partial charge in [-0.15, -0.1) is 24.3 Å². The van der Waals surface area contributed by atoms with Crippen LogP contribution in [-0.4, -0.2) is 5.43 Å². The van der Waals surface area contributed by atoms with E-state index in [4.69, 9.17) is 0 Å². The summed E-state index contributed by atoms with van der Waals surface area (Å²) in [6, 6.07) is 22.0. The van der Waals surface area contributed by atoms with Gasteiger partial charge in [0.25, 0.3) is 0 Å². The third-order valence-corrected chi connectivity index (χ3v) is 8.12. The van der Waals surface area contributed by atoms with Gasteiger partial charge < -0.3 is 24.8 Å². The van der Waals surface area contributed by atoms with Crippen molar-refractivity contribution in [1.29, 1.82) is 0 Å². The third-order valence-electron chi connectivity index (χ3n) is 8.12. The number of rotatable bonds is 2. The van der Waals surface area contributed by atoms with Crippen LogP contribution >= 0.6 is 0 Å². The van der Waals surface area contributed by atoms with E-state index in [9.17, 15) is 0 Å². The summed E-state index contributed by atoms with van der Waals surface area (Å²) < 4.78 is 0. The van der Waals surface area contributed by atoms with Crippen LogP contribution in [0.3, 0.4) is 0 Å². The minimum atomic E-state index is 0. The largest absolute Gasteiger partial charge is 1.00 e. The Hall–Kier alpha value is -1.18. The number of fused-ring (bicyclic) bond motifs is 2. The monoisotopic (exact) mass is 664 g/mol. The van der Waals surface area contributed by atoms with Gasteiger partial charge in [0.05, 0.1) is 0 Å². The molecule has 0 radical (unpaired) electrons. The van der Waals surface area contributed by atoms with Gasteiger partial charge in [-0.05, 0) is 47.6 Å². The zero-order valence-electron chi connectivity index (χ0n) is 24.4. The number of hydrogen-bond donors (Lipinski definition) is 0. The van der Waals surface area contributed by atoms with Crippen LogP contribution in [0.2, 0.25) is 13.1 Å². The molecule has 0 heterocycles. The van der Waals surface area contributed by atoms with Gasteiger partial charge >= 0.3 is 41.9 Å². The van der Waals surface area contributed by atoms with E-state index in [-0.39, 0.29) is 30.2 Å². The number of benzene rings is 2. The molecule has 2 saturated carbocycles. The average molecular weight is 667 g/mol. The summed E-state index contributed by atoms with van der Waals surface area (Å²) in [6.45, 7) is 9.29. The molecule has 40 heavy (non-hydrogen) atoms. The summed E-state index contributed by atoms with van der Waals surface area (Å²) in [4.78, 5) is 0. The molecule has 0 nitrogen and oxygen atoms in total. The first-order chi connectivity index (χ1) is 18.4. The topological polar surface area (TPSA) is 0 Å². The van der Waals surface area contributed by atoms with Crippen LogP contribution in [0, 0.1) is 36.5 Å². The Morgan fingerprint density at radius 2 is 0.975 bits per heavy atom. The van der Waals surface area contributed by atoms with Crippen molar-refractivity contribution in [2.24, 2.45) is 23.7 Å². The van der Waals surface area contributed by atoms with E-state index in [0.717, 1.165) is 23.7 Å². The van der Waals surface area contributed by atoms with Crippen molar-refractivity contribution in [3.05, 3.63) is 132 Å². The van der Waals surface area contributed by atoms with Crippen LogP contribution in [0.25, 0.3) is 0 Å². The van der Waals surface area contributed by atoms with E-state index >= 15 is 0 Å². The second kappa shape index (κ2) is 17.7. The van der Waals surface area contributed by atoms with Crippen molar-refractivity contribution in [1.82, 2.24) is 0 Å². The zero-order chi connectivity index (χ0) is 26.9. The molecule has 2 fully saturated rings. The van der Waals surface area contributed by atoms with Gasteiger partial charge in [-0.3, -0.25) is 0 Å². The van der Waals surface area contributed by atoms with Crippen LogP contribution in [0.15, 0.2) is 108 Å². The summed E-state index contributed by atoms with van der Waals surface area (Å²) in [5, 5.41) is 0. The van der Waals surface area contributed by atoms with E-state index in [1.807, 2.05) is 0 Å². The van der Waals surface area contributed by atoms with Crippen molar-refractivity contribution in [2.75, 3.05) is 0 Å². The second-order valence-electron chi connectivity index (χ2n) is 11.7. The van der Waals surface area contributed by atoms with Crippen LogP contribution in [0.1, 0.15) is 62.5 Å². The molecule has 0 N–H and O–H groups in total. The molecular weight excluding hydrogens is 623 g/mol. The molecule has 6 atom stereocenters. The predicted octanol–water partition coefficient (Wildman–Crippen LogP) is 3.83. The minimum absolute atomic E-state index is 0. The molecular formula is C36H44Cl2SiZr-2. The molecule has 0 aliphatic heterocycles. The molecule has 4 heteroatoms. The number of halogens is 2. The third kappa shape index (κ3) is 9.97. The van der Waals surface area contributed by atoms with Gasteiger partial charge in [-0.1, -0.05) is 99.2 Å². The van der Waals surface area contributed by atoms with E-state index < -0.39 is 0 Å². The Labute approximate surface area is 272 Å². The maximum atomic E-state index is 2.45. The molecule has 2 aromatic carbocycles. The van der Waals surface area contributed by atoms with Gasteiger partial charge in [0.15, 0.2) is 0 Å². The predicted molar refractivity (Wildman–Crippen MR) is 163 cm³/mol. The van der Waals surface area contributed by atoms with Gasteiger partial charge in [0.2, 0.25) is 0 Å². The first-order valence-corrected chi connectivity index (χ1v) is 20.7. The Morgan fingerprint density at radius 3 is 1.32 bits per heavy atom. The van der Waals surface area contributed by atoms with Crippen LogP contribution in [0.4, 0.5) is 0 Å². The first kappa shape index (κ1) is 35.0. The van der Waals surface area contributed by atoms with E-state index in [0.29, 0.717) is 11.8 Å². The first-order valence-electron chi connectivity index (χ1n) is 14.5. The molecule has 0 saturated heterocycles. The Bertz CT molecular complexity index is 1080. The Balaban J connectivity index is 0.000000237. The quantitative estimate of drug-likeness (QED) is 0.338. The van der Waals surface area contributed by atoms with Crippen molar-refractivity contribution < 1.29 is 48.1 Å². The number of allylic oxidation sites excluding steroid dienone is 8. The molecule has 0 amide bonds. The van der Waals surface area contributed by atoms with Crippen molar-refractivity contribution in [3.63, 3.8) is 0 Å². The summed E-state index contributed by atoms with van der Waals surface area (Å²) in [5.74, 6) is 4.27. The molecule has 6 unspecified atom stereocenters. The van der Waals surface area contributed by atoms with Crippen LogP contribution in [0.5, 0.6) is 0 Å². The smallest absolute Gasteiger partial charge is 1.00 e. The van der Waals surface area contributed by atoms with Gasteiger partial charge in [0, 0.05) is 0 Å². The second-order valence-corrected chi connectivity index (χ2v) is 21.0. The minimum Gasteiger partial charge on any atom is -1.00 e. The number of hydrogen-bond acceptors (Lipinski definition) is 0. The fraction of sp³-hybridized carbons (Fsp3) is 0.389. The standard InChI is InChI=1S/2C17H19.C2H6Si.2ClH.Zr/c2*1-13-11-15-9-5-6-10-16(17(15)12-13)14-7-3-2-4-8-14;1-3-2;;;/h2*2-9,11,13,16-17H,10,12H2,1H3;1-2H3;2*1H;/q2*-1;;;;+2/p-2. The van der Waals surface area contributed by atoms with Crippen molar-refractivity contribution in [3.8, 4) is 0 Å². The zero-order valence-corrected chi connectivity index (χ0v) is 29.4. The van der Waals surface area contributed by atoms with Gasteiger partial charge in [-0.25, -0.2) is 36.1 Å². The summed E-state index contributed by atoms with van der Waals surface area (Å²) in [7, 11) is 0. The average Bonchev–Trinajstić information content (AvgIpc) is 3.31.